The van der Waals surface area contributed by atoms with Crippen LogP contribution in [-0.2, 0) is 4.79 Å². The minimum Gasteiger partial charge on any atom is -0.481 e. The van der Waals surface area contributed by atoms with E-state index in [0.29, 0.717) is 28.7 Å². The van der Waals surface area contributed by atoms with E-state index in [1.807, 2.05) is 6.92 Å². The van der Waals surface area contributed by atoms with E-state index in [4.69, 9.17) is 16.3 Å². The zero-order valence-electron chi connectivity index (χ0n) is 14.0. The molecule has 2 aromatic rings. The van der Waals surface area contributed by atoms with Gasteiger partial charge in [0, 0.05) is 22.9 Å². The Kier molecular flexibility index (Phi) is 6.65. The second-order valence-corrected chi connectivity index (χ2v) is 5.70. The van der Waals surface area contributed by atoms with Gasteiger partial charge in [0.25, 0.3) is 5.91 Å². The Bertz CT molecular complexity index is 735. The summed E-state index contributed by atoms with van der Waals surface area (Å²) in [5.74, 6) is 0.254. The number of urea groups is 1. The van der Waals surface area contributed by atoms with Crippen molar-refractivity contribution in [2.24, 2.45) is 0 Å². The first kappa shape index (κ1) is 18.6. The summed E-state index contributed by atoms with van der Waals surface area (Å²) in [6.45, 7) is 4.01. The highest BCUT2D eigenvalue weighted by molar-refractivity contribution is 6.30. The first-order chi connectivity index (χ1) is 12.0. The van der Waals surface area contributed by atoms with Crippen molar-refractivity contribution < 1.29 is 14.3 Å². The van der Waals surface area contributed by atoms with Gasteiger partial charge in [0.05, 0.1) is 0 Å². The van der Waals surface area contributed by atoms with E-state index in [-0.39, 0.29) is 11.9 Å². The van der Waals surface area contributed by atoms with E-state index in [2.05, 4.69) is 16.0 Å². The van der Waals surface area contributed by atoms with Crippen molar-refractivity contribution in [3.63, 3.8) is 0 Å². The summed E-state index contributed by atoms with van der Waals surface area (Å²) in [5.41, 5.74) is 1.14. The van der Waals surface area contributed by atoms with Gasteiger partial charge in [0.15, 0.2) is 6.10 Å². The van der Waals surface area contributed by atoms with Crippen molar-refractivity contribution >= 4 is 34.9 Å². The molecule has 25 heavy (non-hydrogen) atoms. The Morgan fingerprint density at radius 2 is 1.72 bits per heavy atom. The zero-order valence-corrected chi connectivity index (χ0v) is 14.8. The van der Waals surface area contributed by atoms with Crippen LogP contribution >= 0.6 is 11.6 Å². The third-order valence-electron chi connectivity index (χ3n) is 3.22. The van der Waals surface area contributed by atoms with Crippen molar-refractivity contribution in [1.29, 1.82) is 0 Å². The highest BCUT2D eigenvalue weighted by Gasteiger charge is 2.15. The van der Waals surface area contributed by atoms with Gasteiger partial charge in [-0.3, -0.25) is 4.79 Å². The zero-order chi connectivity index (χ0) is 18.2. The Hall–Kier alpha value is -2.73. The van der Waals surface area contributed by atoms with Gasteiger partial charge in [-0.2, -0.15) is 0 Å². The molecule has 3 amide bonds. The van der Waals surface area contributed by atoms with E-state index >= 15 is 0 Å². The molecule has 0 spiro atoms. The standard InChI is InChI=1S/C18H20ClN3O3/c1-3-20-18(24)22-15-6-4-5-14(11-15)21-17(23)12(2)25-16-9-7-13(19)8-10-16/h4-12H,3H2,1-2H3,(H,21,23)(H2,20,22,24). The van der Waals surface area contributed by atoms with Gasteiger partial charge in [-0.05, 0) is 56.3 Å². The van der Waals surface area contributed by atoms with Crippen LogP contribution in [0, 0.1) is 0 Å². The molecule has 3 N–H and O–H groups in total. The maximum Gasteiger partial charge on any atom is 0.319 e. The molecule has 0 heterocycles. The fourth-order valence-corrected chi connectivity index (χ4v) is 2.15. The summed E-state index contributed by atoms with van der Waals surface area (Å²) in [6, 6.07) is 13.4. The summed E-state index contributed by atoms with van der Waals surface area (Å²) in [5, 5.41) is 8.68. The van der Waals surface area contributed by atoms with Crippen molar-refractivity contribution in [2.75, 3.05) is 17.2 Å². The monoisotopic (exact) mass is 361 g/mol. The summed E-state index contributed by atoms with van der Waals surface area (Å²) in [7, 11) is 0. The molecule has 1 unspecified atom stereocenters. The lowest BCUT2D eigenvalue weighted by Crippen LogP contribution is -2.30. The molecule has 0 aliphatic heterocycles. The molecule has 0 saturated heterocycles. The maximum absolute atomic E-state index is 12.3. The number of ether oxygens (including phenoxy) is 1. The first-order valence-electron chi connectivity index (χ1n) is 7.86. The van der Waals surface area contributed by atoms with Gasteiger partial charge in [-0.1, -0.05) is 17.7 Å². The third-order valence-corrected chi connectivity index (χ3v) is 3.47. The molecule has 0 aliphatic rings. The Morgan fingerprint density at radius 3 is 2.36 bits per heavy atom. The first-order valence-corrected chi connectivity index (χ1v) is 8.23. The number of carbonyl (C=O) groups is 2. The molecule has 0 aromatic heterocycles. The van der Waals surface area contributed by atoms with Crippen LogP contribution in [-0.4, -0.2) is 24.6 Å². The number of amides is 3. The number of halogens is 1. The average molecular weight is 362 g/mol. The number of anilines is 2. The fraction of sp³-hybridized carbons (Fsp3) is 0.222. The fourth-order valence-electron chi connectivity index (χ4n) is 2.03. The molecular weight excluding hydrogens is 342 g/mol. The summed E-state index contributed by atoms with van der Waals surface area (Å²) < 4.78 is 5.58. The van der Waals surface area contributed by atoms with E-state index in [1.54, 1.807) is 55.5 Å². The molecule has 0 saturated carbocycles. The molecule has 0 fully saturated rings. The van der Waals surface area contributed by atoms with Crippen LogP contribution in [0.1, 0.15) is 13.8 Å². The van der Waals surface area contributed by atoms with Crippen LogP contribution in [0.5, 0.6) is 5.75 Å². The minimum absolute atomic E-state index is 0.301. The predicted molar refractivity (Wildman–Crippen MR) is 99.3 cm³/mol. The lowest BCUT2D eigenvalue weighted by Gasteiger charge is -2.15. The third kappa shape index (κ3) is 6.00. The van der Waals surface area contributed by atoms with E-state index < -0.39 is 6.10 Å². The maximum atomic E-state index is 12.3. The molecule has 1 atom stereocenters. The van der Waals surface area contributed by atoms with E-state index in [9.17, 15) is 9.59 Å². The van der Waals surface area contributed by atoms with E-state index in [1.165, 1.54) is 0 Å². The highest BCUT2D eigenvalue weighted by Crippen LogP contribution is 2.18. The topological polar surface area (TPSA) is 79.5 Å². The Labute approximate surface area is 151 Å². The van der Waals surface area contributed by atoms with Gasteiger partial charge < -0.3 is 20.7 Å². The molecule has 132 valence electrons. The smallest absolute Gasteiger partial charge is 0.319 e. The molecule has 0 aliphatic carbocycles. The molecule has 7 heteroatoms. The average Bonchev–Trinajstić information content (AvgIpc) is 2.57. The number of benzene rings is 2. The van der Waals surface area contributed by atoms with Gasteiger partial charge >= 0.3 is 6.03 Å². The Morgan fingerprint density at radius 1 is 1.08 bits per heavy atom. The molecule has 6 nitrogen and oxygen atoms in total. The predicted octanol–water partition coefficient (Wildman–Crippen LogP) is 3.89. The number of hydrogen-bond donors (Lipinski definition) is 3. The van der Waals surface area contributed by atoms with Crippen LogP contribution in [0.2, 0.25) is 5.02 Å². The normalized spacial score (nSPS) is 11.3. The van der Waals surface area contributed by atoms with Gasteiger partial charge in [0.1, 0.15) is 5.75 Å². The molecule has 0 radical (unpaired) electrons. The number of nitrogens with one attached hydrogen (secondary N) is 3. The number of rotatable bonds is 6. The van der Waals surface area contributed by atoms with Crippen molar-refractivity contribution in [1.82, 2.24) is 5.32 Å². The summed E-state index contributed by atoms with van der Waals surface area (Å²) >= 11 is 5.82. The van der Waals surface area contributed by atoms with Crippen LogP contribution in [0.25, 0.3) is 0 Å². The molecule has 0 bridgehead atoms. The lowest BCUT2D eigenvalue weighted by molar-refractivity contribution is -0.122. The number of hydrogen-bond acceptors (Lipinski definition) is 3. The quantitative estimate of drug-likeness (QED) is 0.730. The van der Waals surface area contributed by atoms with Crippen LogP contribution in [0.3, 0.4) is 0 Å². The van der Waals surface area contributed by atoms with Crippen LogP contribution in [0.4, 0.5) is 16.2 Å². The van der Waals surface area contributed by atoms with Crippen molar-refractivity contribution in [3.8, 4) is 5.75 Å². The highest BCUT2D eigenvalue weighted by atomic mass is 35.5. The lowest BCUT2D eigenvalue weighted by atomic mass is 10.2. The summed E-state index contributed by atoms with van der Waals surface area (Å²) in [4.78, 5) is 23.8. The molecule has 2 aromatic carbocycles. The van der Waals surface area contributed by atoms with Gasteiger partial charge in [-0.15, -0.1) is 0 Å². The minimum atomic E-state index is -0.693. The molecule has 2 rings (SSSR count). The largest absolute Gasteiger partial charge is 0.481 e. The van der Waals surface area contributed by atoms with Crippen molar-refractivity contribution in [3.05, 3.63) is 53.6 Å². The van der Waals surface area contributed by atoms with Crippen LogP contribution in [0.15, 0.2) is 48.5 Å². The second-order valence-electron chi connectivity index (χ2n) is 5.27. The van der Waals surface area contributed by atoms with Gasteiger partial charge in [-0.25, -0.2) is 4.79 Å². The van der Waals surface area contributed by atoms with Crippen molar-refractivity contribution in [2.45, 2.75) is 20.0 Å². The van der Waals surface area contributed by atoms with Crippen LogP contribution < -0.4 is 20.7 Å². The van der Waals surface area contributed by atoms with E-state index in [0.717, 1.165) is 0 Å². The Balaban J connectivity index is 1.95. The number of carbonyl (C=O) groups excluding carboxylic acids is 2. The summed E-state index contributed by atoms with van der Waals surface area (Å²) in [6.07, 6.45) is -0.693. The molecular formula is C18H20ClN3O3. The van der Waals surface area contributed by atoms with Gasteiger partial charge in [0.2, 0.25) is 0 Å². The second kappa shape index (κ2) is 8.94. The SMILES string of the molecule is CCNC(=O)Nc1cccc(NC(=O)C(C)Oc2ccc(Cl)cc2)c1.